The molecule has 3 aromatic carbocycles. The van der Waals surface area contributed by atoms with Gasteiger partial charge in [-0.25, -0.2) is 9.37 Å². The van der Waals surface area contributed by atoms with Crippen LogP contribution in [0.15, 0.2) is 83.4 Å². The number of carbonyl (C=O) groups is 1. The van der Waals surface area contributed by atoms with Crippen molar-refractivity contribution in [3.05, 3.63) is 95.7 Å². The number of hydrogen-bond donors (Lipinski definition) is 1. The molecule has 0 aliphatic rings. The molecular formula is C24H18ClFN2O3. The quantitative estimate of drug-likeness (QED) is 0.359. The van der Waals surface area contributed by atoms with E-state index < -0.39 is 0 Å². The summed E-state index contributed by atoms with van der Waals surface area (Å²) in [6, 6.07) is 20.2. The van der Waals surface area contributed by atoms with E-state index in [2.05, 4.69) is 10.3 Å². The van der Waals surface area contributed by atoms with Crippen molar-refractivity contribution in [3.8, 4) is 22.8 Å². The van der Waals surface area contributed by atoms with E-state index in [0.29, 0.717) is 40.3 Å². The van der Waals surface area contributed by atoms with E-state index in [9.17, 15) is 9.18 Å². The molecule has 1 amide bonds. The molecule has 1 aromatic heterocycles. The summed E-state index contributed by atoms with van der Waals surface area (Å²) in [6.45, 7) is 0. The Hall–Kier alpha value is -3.64. The first-order valence-corrected chi connectivity index (χ1v) is 9.98. The Balaban J connectivity index is 1.38. The summed E-state index contributed by atoms with van der Waals surface area (Å²) in [5.74, 6) is 1.40. The molecular weight excluding hydrogens is 419 g/mol. The van der Waals surface area contributed by atoms with Gasteiger partial charge in [-0.1, -0.05) is 35.9 Å². The number of nitrogens with zero attached hydrogens (tertiary/aromatic N) is 1. The fourth-order valence-electron chi connectivity index (χ4n) is 2.91. The standard InChI is InChI=1S/C24H18ClFN2O3/c25-18-5-1-3-7-20(18)30-21-8-4-2-6-19(21)28-23(29)13-14-24-27-15-22(31-24)16-9-11-17(26)12-10-16/h1-12,15H,13-14H2,(H,28,29). The van der Waals surface area contributed by atoms with E-state index in [1.54, 1.807) is 48.7 Å². The molecule has 0 fully saturated rings. The van der Waals surface area contributed by atoms with Crippen molar-refractivity contribution in [1.82, 2.24) is 4.98 Å². The van der Waals surface area contributed by atoms with Gasteiger partial charge in [0.15, 0.2) is 17.4 Å². The minimum absolute atomic E-state index is 0.170. The van der Waals surface area contributed by atoms with Gasteiger partial charge in [0.2, 0.25) is 5.91 Å². The third-order valence-corrected chi connectivity index (χ3v) is 4.78. The molecule has 7 heteroatoms. The normalized spacial score (nSPS) is 10.6. The summed E-state index contributed by atoms with van der Waals surface area (Å²) >= 11 is 6.16. The lowest BCUT2D eigenvalue weighted by Gasteiger charge is -2.12. The number of benzene rings is 3. The Kier molecular flexibility index (Phi) is 6.29. The molecule has 0 aliphatic carbocycles. The fourth-order valence-corrected chi connectivity index (χ4v) is 3.09. The first kappa shape index (κ1) is 20.6. The molecule has 0 saturated heterocycles. The van der Waals surface area contributed by atoms with Crippen LogP contribution in [0.4, 0.5) is 10.1 Å². The Morgan fingerprint density at radius 3 is 2.48 bits per heavy atom. The van der Waals surface area contributed by atoms with E-state index in [4.69, 9.17) is 20.8 Å². The molecule has 5 nitrogen and oxygen atoms in total. The van der Waals surface area contributed by atoms with Crippen molar-refractivity contribution in [2.24, 2.45) is 0 Å². The molecule has 0 bridgehead atoms. The van der Waals surface area contributed by atoms with Gasteiger partial charge in [-0.05, 0) is 48.5 Å². The maximum absolute atomic E-state index is 13.1. The van der Waals surface area contributed by atoms with Gasteiger partial charge in [-0.2, -0.15) is 0 Å². The van der Waals surface area contributed by atoms with Crippen molar-refractivity contribution >= 4 is 23.2 Å². The van der Waals surface area contributed by atoms with Crippen LogP contribution in [0.25, 0.3) is 11.3 Å². The summed E-state index contributed by atoms with van der Waals surface area (Å²) in [7, 11) is 0. The minimum Gasteiger partial charge on any atom is -0.454 e. The maximum atomic E-state index is 13.1. The monoisotopic (exact) mass is 436 g/mol. The Morgan fingerprint density at radius 2 is 1.71 bits per heavy atom. The van der Waals surface area contributed by atoms with Crippen molar-refractivity contribution in [2.45, 2.75) is 12.8 Å². The maximum Gasteiger partial charge on any atom is 0.224 e. The van der Waals surface area contributed by atoms with Crippen molar-refractivity contribution < 1.29 is 18.3 Å². The average molecular weight is 437 g/mol. The zero-order valence-electron chi connectivity index (χ0n) is 16.3. The fraction of sp³-hybridized carbons (Fsp3) is 0.0833. The predicted molar refractivity (Wildman–Crippen MR) is 117 cm³/mol. The summed E-state index contributed by atoms with van der Waals surface area (Å²) in [5, 5.41) is 3.32. The SMILES string of the molecule is O=C(CCc1ncc(-c2ccc(F)cc2)o1)Nc1ccccc1Oc1ccccc1Cl. The zero-order chi connectivity index (χ0) is 21.6. The van der Waals surface area contributed by atoms with Crippen LogP contribution in [0.1, 0.15) is 12.3 Å². The summed E-state index contributed by atoms with van der Waals surface area (Å²) in [6.07, 6.45) is 2.05. The third-order valence-electron chi connectivity index (χ3n) is 4.47. The van der Waals surface area contributed by atoms with Crippen molar-refractivity contribution in [1.29, 1.82) is 0 Å². The highest BCUT2D eigenvalue weighted by atomic mass is 35.5. The number of anilines is 1. The highest BCUT2D eigenvalue weighted by molar-refractivity contribution is 6.32. The molecule has 1 N–H and O–H groups in total. The van der Waals surface area contributed by atoms with Crippen LogP contribution in [0.2, 0.25) is 5.02 Å². The van der Waals surface area contributed by atoms with Gasteiger partial charge in [0.05, 0.1) is 16.9 Å². The Bertz CT molecular complexity index is 1190. The van der Waals surface area contributed by atoms with Gasteiger partial charge in [0.1, 0.15) is 11.6 Å². The van der Waals surface area contributed by atoms with Crippen LogP contribution in [-0.4, -0.2) is 10.9 Å². The van der Waals surface area contributed by atoms with Crippen LogP contribution >= 0.6 is 11.6 Å². The van der Waals surface area contributed by atoms with Gasteiger partial charge in [0.25, 0.3) is 0 Å². The molecule has 156 valence electrons. The number of hydrogen-bond acceptors (Lipinski definition) is 4. The van der Waals surface area contributed by atoms with Crippen LogP contribution in [0, 0.1) is 5.82 Å². The number of oxazole rings is 1. The first-order valence-electron chi connectivity index (χ1n) is 9.60. The lowest BCUT2D eigenvalue weighted by molar-refractivity contribution is -0.116. The number of nitrogens with one attached hydrogen (secondary N) is 1. The number of aryl methyl sites for hydroxylation is 1. The molecule has 0 atom stereocenters. The lowest BCUT2D eigenvalue weighted by Crippen LogP contribution is -2.13. The lowest BCUT2D eigenvalue weighted by atomic mass is 10.2. The summed E-state index contributed by atoms with van der Waals surface area (Å²) < 4.78 is 24.6. The molecule has 4 rings (SSSR count). The van der Waals surface area contributed by atoms with E-state index in [1.807, 2.05) is 18.2 Å². The highest BCUT2D eigenvalue weighted by Gasteiger charge is 2.12. The van der Waals surface area contributed by atoms with E-state index >= 15 is 0 Å². The Labute approximate surface area is 183 Å². The topological polar surface area (TPSA) is 64.4 Å². The van der Waals surface area contributed by atoms with Gasteiger partial charge in [-0.3, -0.25) is 4.79 Å². The number of rotatable bonds is 7. The highest BCUT2D eigenvalue weighted by Crippen LogP contribution is 2.33. The largest absolute Gasteiger partial charge is 0.454 e. The number of amides is 1. The van der Waals surface area contributed by atoms with Crippen molar-refractivity contribution in [2.75, 3.05) is 5.32 Å². The molecule has 31 heavy (non-hydrogen) atoms. The smallest absolute Gasteiger partial charge is 0.224 e. The van der Waals surface area contributed by atoms with Gasteiger partial charge in [-0.15, -0.1) is 0 Å². The van der Waals surface area contributed by atoms with E-state index in [0.717, 1.165) is 5.56 Å². The summed E-state index contributed by atoms with van der Waals surface area (Å²) in [4.78, 5) is 16.7. The van der Waals surface area contributed by atoms with E-state index in [-0.39, 0.29) is 18.1 Å². The second-order valence-corrected chi connectivity index (χ2v) is 7.11. The number of para-hydroxylation sites is 3. The number of aromatic nitrogens is 1. The number of ether oxygens (including phenoxy) is 1. The first-order chi connectivity index (χ1) is 15.1. The van der Waals surface area contributed by atoms with E-state index in [1.165, 1.54) is 12.1 Å². The van der Waals surface area contributed by atoms with Gasteiger partial charge in [0, 0.05) is 18.4 Å². The second kappa shape index (κ2) is 9.45. The molecule has 1 heterocycles. The molecule has 0 spiro atoms. The van der Waals surface area contributed by atoms with Crippen LogP contribution in [0.3, 0.4) is 0 Å². The van der Waals surface area contributed by atoms with Gasteiger partial charge < -0.3 is 14.5 Å². The van der Waals surface area contributed by atoms with Gasteiger partial charge >= 0.3 is 0 Å². The minimum atomic E-state index is -0.320. The molecule has 0 radical (unpaired) electrons. The predicted octanol–water partition coefficient (Wildman–Crippen LogP) is 6.50. The average Bonchev–Trinajstić information content (AvgIpc) is 3.25. The number of carbonyl (C=O) groups excluding carboxylic acids is 1. The van der Waals surface area contributed by atoms with Crippen LogP contribution in [0.5, 0.6) is 11.5 Å². The Morgan fingerprint density at radius 1 is 1.00 bits per heavy atom. The summed E-state index contributed by atoms with van der Waals surface area (Å²) in [5.41, 5.74) is 1.25. The second-order valence-electron chi connectivity index (χ2n) is 6.70. The molecule has 0 unspecified atom stereocenters. The van der Waals surface area contributed by atoms with Crippen LogP contribution in [-0.2, 0) is 11.2 Å². The molecule has 4 aromatic rings. The zero-order valence-corrected chi connectivity index (χ0v) is 17.1. The third kappa shape index (κ3) is 5.29. The van der Waals surface area contributed by atoms with Crippen molar-refractivity contribution in [3.63, 3.8) is 0 Å². The molecule has 0 aliphatic heterocycles. The van der Waals surface area contributed by atoms with Crippen LogP contribution < -0.4 is 10.1 Å². The molecule has 0 saturated carbocycles. The number of halogens is 2.